The fourth-order valence-corrected chi connectivity index (χ4v) is 7.52. The Morgan fingerprint density at radius 2 is 0.966 bits per heavy atom. The molecule has 9 heteroatoms. The summed E-state index contributed by atoms with van der Waals surface area (Å²) in [6.07, 6.45) is 55.7. The maximum atomic E-state index is 12.6. The van der Waals surface area contributed by atoms with Crippen LogP contribution >= 0.6 is 7.82 Å². The van der Waals surface area contributed by atoms with Gasteiger partial charge in [0, 0.05) is 19.6 Å². The highest BCUT2D eigenvalue weighted by Crippen LogP contribution is 2.43. The average Bonchev–Trinajstić information content (AvgIpc) is 3.21. The first kappa shape index (κ1) is 56.5. The van der Waals surface area contributed by atoms with E-state index in [0.29, 0.717) is 13.0 Å². The molecular formula is C49H92NO7P. The van der Waals surface area contributed by atoms with Crippen LogP contribution in [0.25, 0.3) is 0 Å². The van der Waals surface area contributed by atoms with Crippen molar-refractivity contribution in [2.75, 3.05) is 33.0 Å². The molecule has 0 radical (unpaired) electrons. The summed E-state index contributed by atoms with van der Waals surface area (Å²) in [6.45, 7) is 4.79. The number of rotatable bonds is 46. The molecule has 58 heavy (non-hydrogen) atoms. The van der Waals surface area contributed by atoms with Crippen molar-refractivity contribution in [2.45, 2.75) is 225 Å². The van der Waals surface area contributed by atoms with Gasteiger partial charge in [-0.1, -0.05) is 210 Å². The number of unbranched alkanes of at least 4 members (excludes halogenated alkanes) is 25. The van der Waals surface area contributed by atoms with Crippen molar-refractivity contribution in [1.29, 1.82) is 0 Å². The minimum absolute atomic E-state index is 0.0966. The number of phosphoric ester groups is 1. The lowest BCUT2D eigenvalue weighted by molar-refractivity contribution is -0.154. The van der Waals surface area contributed by atoms with Gasteiger partial charge in [-0.2, -0.15) is 0 Å². The third-order valence-corrected chi connectivity index (χ3v) is 11.2. The van der Waals surface area contributed by atoms with E-state index in [1.54, 1.807) is 0 Å². The minimum Gasteiger partial charge on any atom is -0.457 e. The Bertz CT molecular complexity index is 1030. The van der Waals surface area contributed by atoms with Gasteiger partial charge in [-0.05, 0) is 51.4 Å². The van der Waals surface area contributed by atoms with E-state index >= 15 is 0 Å². The number of phosphoric acid groups is 1. The normalized spacial score (nSPS) is 13.8. The van der Waals surface area contributed by atoms with Gasteiger partial charge in [0.05, 0.1) is 19.8 Å². The predicted molar refractivity (Wildman–Crippen MR) is 247 cm³/mol. The summed E-state index contributed by atoms with van der Waals surface area (Å²) in [6, 6.07) is 0. The van der Waals surface area contributed by atoms with E-state index in [0.717, 1.165) is 70.6 Å². The van der Waals surface area contributed by atoms with Crippen molar-refractivity contribution < 1.29 is 32.8 Å². The SMILES string of the molecule is CC/C=C\C/C=C\C/C=C\C/C=C\CCCCCCCOCC(COP(=O)(O)OCCN)OC(=O)CCCCCCCCCCCCCCCCCCCCCCC. The maximum Gasteiger partial charge on any atom is 0.472 e. The Labute approximate surface area is 358 Å². The second-order valence-corrected chi connectivity index (χ2v) is 17.4. The van der Waals surface area contributed by atoms with Gasteiger partial charge in [0.15, 0.2) is 0 Å². The van der Waals surface area contributed by atoms with Gasteiger partial charge in [-0.25, -0.2) is 4.57 Å². The molecule has 0 amide bonds. The molecule has 0 fully saturated rings. The molecule has 2 unspecified atom stereocenters. The van der Waals surface area contributed by atoms with E-state index in [9.17, 15) is 14.3 Å². The summed E-state index contributed by atoms with van der Waals surface area (Å²) in [7, 11) is -4.29. The van der Waals surface area contributed by atoms with Crippen LogP contribution in [-0.2, 0) is 27.9 Å². The second kappa shape index (κ2) is 46.5. The van der Waals surface area contributed by atoms with Crippen LogP contribution in [0.15, 0.2) is 48.6 Å². The minimum atomic E-state index is -4.29. The molecule has 0 rings (SSSR count). The third-order valence-electron chi connectivity index (χ3n) is 10.3. The fraction of sp³-hybridized carbons (Fsp3) is 0.816. The lowest BCUT2D eigenvalue weighted by atomic mass is 10.0. The smallest absolute Gasteiger partial charge is 0.457 e. The van der Waals surface area contributed by atoms with Gasteiger partial charge in [0.25, 0.3) is 0 Å². The lowest BCUT2D eigenvalue weighted by Crippen LogP contribution is -2.28. The molecule has 340 valence electrons. The van der Waals surface area contributed by atoms with Crippen molar-refractivity contribution in [3.05, 3.63) is 48.6 Å². The van der Waals surface area contributed by atoms with Gasteiger partial charge in [0.1, 0.15) is 6.10 Å². The van der Waals surface area contributed by atoms with E-state index in [4.69, 9.17) is 24.3 Å². The Morgan fingerprint density at radius 1 is 0.534 bits per heavy atom. The predicted octanol–water partition coefficient (Wildman–Crippen LogP) is 14.8. The molecule has 0 aliphatic rings. The molecule has 0 spiro atoms. The van der Waals surface area contributed by atoms with Crippen molar-refractivity contribution in [2.24, 2.45) is 5.73 Å². The molecule has 0 aromatic rings. The van der Waals surface area contributed by atoms with E-state index in [2.05, 4.69) is 62.5 Å². The van der Waals surface area contributed by atoms with Crippen LogP contribution in [-0.4, -0.2) is 49.9 Å². The van der Waals surface area contributed by atoms with Gasteiger partial charge in [-0.15, -0.1) is 0 Å². The quantitative estimate of drug-likeness (QED) is 0.0269. The van der Waals surface area contributed by atoms with Crippen LogP contribution in [0, 0.1) is 0 Å². The van der Waals surface area contributed by atoms with E-state index < -0.39 is 13.9 Å². The Kier molecular flexibility index (Phi) is 45.3. The van der Waals surface area contributed by atoms with Crippen molar-refractivity contribution in [3.8, 4) is 0 Å². The Morgan fingerprint density at radius 3 is 1.45 bits per heavy atom. The topological polar surface area (TPSA) is 117 Å². The van der Waals surface area contributed by atoms with Gasteiger partial charge >= 0.3 is 13.8 Å². The number of hydrogen-bond acceptors (Lipinski definition) is 7. The highest BCUT2D eigenvalue weighted by molar-refractivity contribution is 7.47. The molecule has 0 aliphatic carbocycles. The average molecular weight is 838 g/mol. The summed E-state index contributed by atoms with van der Waals surface area (Å²) in [5.74, 6) is -0.334. The van der Waals surface area contributed by atoms with Gasteiger partial charge in [-0.3, -0.25) is 13.8 Å². The summed E-state index contributed by atoms with van der Waals surface area (Å²) >= 11 is 0. The van der Waals surface area contributed by atoms with E-state index in [1.807, 2.05) is 0 Å². The number of carbonyl (C=O) groups excluding carboxylic acids is 1. The maximum absolute atomic E-state index is 12.6. The molecule has 0 aromatic carbocycles. The fourth-order valence-electron chi connectivity index (χ4n) is 6.75. The van der Waals surface area contributed by atoms with Crippen molar-refractivity contribution in [3.63, 3.8) is 0 Å². The molecule has 0 aromatic heterocycles. The van der Waals surface area contributed by atoms with Crippen LogP contribution < -0.4 is 5.73 Å². The number of esters is 1. The van der Waals surface area contributed by atoms with Gasteiger partial charge in [0.2, 0.25) is 0 Å². The van der Waals surface area contributed by atoms with Crippen molar-refractivity contribution >= 4 is 13.8 Å². The summed E-state index contributed by atoms with van der Waals surface area (Å²) < 4.78 is 33.5. The molecule has 8 nitrogen and oxygen atoms in total. The Hall–Kier alpha value is -1.54. The number of hydrogen-bond donors (Lipinski definition) is 2. The highest BCUT2D eigenvalue weighted by Gasteiger charge is 2.25. The summed E-state index contributed by atoms with van der Waals surface area (Å²) in [4.78, 5) is 22.6. The molecule has 0 heterocycles. The molecule has 3 N–H and O–H groups in total. The zero-order valence-corrected chi connectivity index (χ0v) is 38.7. The first-order valence-electron chi connectivity index (χ1n) is 24.1. The molecular weight excluding hydrogens is 746 g/mol. The van der Waals surface area contributed by atoms with Crippen LogP contribution in [0.2, 0.25) is 0 Å². The highest BCUT2D eigenvalue weighted by atomic mass is 31.2. The second-order valence-electron chi connectivity index (χ2n) is 16.0. The van der Waals surface area contributed by atoms with Crippen LogP contribution in [0.4, 0.5) is 0 Å². The molecule has 0 bridgehead atoms. The zero-order chi connectivity index (χ0) is 42.3. The molecule has 0 saturated carbocycles. The van der Waals surface area contributed by atoms with Gasteiger partial charge < -0.3 is 20.1 Å². The number of carbonyl (C=O) groups is 1. The lowest BCUT2D eigenvalue weighted by Gasteiger charge is -2.20. The molecule has 0 saturated heterocycles. The number of allylic oxidation sites excluding steroid dienone is 8. The Balaban J connectivity index is 3.98. The zero-order valence-electron chi connectivity index (χ0n) is 37.8. The van der Waals surface area contributed by atoms with E-state index in [-0.39, 0.29) is 32.3 Å². The molecule has 2 atom stereocenters. The number of ether oxygens (including phenoxy) is 2. The van der Waals surface area contributed by atoms with Crippen LogP contribution in [0.5, 0.6) is 0 Å². The van der Waals surface area contributed by atoms with Crippen molar-refractivity contribution in [1.82, 2.24) is 0 Å². The third kappa shape index (κ3) is 45.5. The number of nitrogens with two attached hydrogens (primary N) is 1. The summed E-state index contributed by atoms with van der Waals surface area (Å²) in [5, 5.41) is 0. The van der Waals surface area contributed by atoms with Crippen LogP contribution in [0.3, 0.4) is 0 Å². The first-order valence-corrected chi connectivity index (χ1v) is 25.6. The molecule has 0 aliphatic heterocycles. The standard InChI is InChI=1S/C49H92NO7P/c1-3-5-7-9-11-13-15-17-19-21-23-24-25-26-28-30-32-34-36-38-40-42-49(51)57-48(47-56-58(52,53)55-45-43-50)46-54-44-41-39-37-35-33-31-29-27-22-20-18-16-14-12-10-8-6-4-2/h6,8,12,14,18,20,27,29,48H,3-5,7,9-11,13,15-17,19,21-26,28,30-47,50H2,1-2H3,(H,52,53)/b8-6-,14-12-,20-18-,29-27-. The monoisotopic (exact) mass is 838 g/mol. The van der Waals surface area contributed by atoms with Crippen LogP contribution in [0.1, 0.15) is 219 Å². The first-order chi connectivity index (χ1) is 28.4. The largest absolute Gasteiger partial charge is 0.472 e. The summed E-state index contributed by atoms with van der Waals surface area (Å²) in [5.41, 5.74) is 5.38. The van der Waals surface area contributed by atoms with E-state index in [1.165, 1.54) is 128 Å².